The van der Waals surface area contributed by atoms with E-state index in [0.29, 0.717) is 19.4 Å². The number of nitrogens with zero attached hydrogens (tertiary/aromatic N) is 1. The Balaban J connectivity index is 2.34. The van der Waals surface area contributed by atoms with E-state index in [9.17, 15) is 9.59 Å². The van der Waals surface area contributed by atoms with E-state index < -0.39 is 0 Å². The monoisotopic (exact) mass is 259 g/mol. The van der Waals surface area contributed by atoms with Gasteiger partial charge in [-0.1, -0.05) is 0 Å². The summed E-state index contributed by atoms with van der Waals surface area (Å²) in [5.74, 6) is 1.04. The van der Waals surface area contributed by atoms with Crippen LogP contribution in [0.5, 0.6) is 0 Å². The molecule has 1 saturated heterocycles. The van der Waals surface area contributed by atoms with E-state index in [1.165, 1.54) is 7.11 Å². The van der Waals surface area contributed by atoms with E-state index in [1.54, 1.807) is 16.7 Å². The largest absolute Gasteiger partial charge is 0.469 e. The number of thioether (sulfide) groups is 1. The summed E-state index contributed by atoms with van der Waals surface area (Å²) in [6.45, 7) is 2.63. The second-order valence-corrected chi connectivity index (χ2v) is 6.19. The predicted octanol–water partition coefficient (Wildman–Crippen LogP) is 1.68. The standard InChI is InChI=1S/C12H21NO3S/c1-12(7-5-9-17-12)11(15)13(2)8-4-6-10(14)16-3/h4-9H2,1-3H3. The zero-order valence-electron chi connectivity index (χ0n) is 10.8. The van der Waals surface area contributed by atoms with Crippen LogP contribution in [0.1, 0.15) is 32.6 Å². The average Bonchev–Trinajstić information content (AvgIpc) is 2.76. The number of carbonyl (C=O) groups excluding carboxylic acids is 2. The van der Waals surface area contributed by atoms with Crippen molar-refractivity contribution in [1.82, 2.24) is 4.90 Å². The Labute approximate surface area is 107 Å². The maximum Gasteiger partial charge on any atom is 0.305 e. The van der Waals surface area contributed by atoms with Gasteiger partial charge < -0.3 is 9.64 Å². The molecule has 0 aliphatic carbocycles. The molecule has 1 heterocycles. The smallest absolute Gasteiger partial charge is 0.305 e. The van der Waals surface area contributed by atoms with E-state index in [1.807, 2.05) is 14.0 Å². The highest BCUT2D eigenvalue weighted by atomic mass is 32.2. The zero-order valence-corrected chi connectivity index (χ0v) is 11.6. The Morgan fingerprint density at radius 3 is 2.71 bits per heavy atom. The van der Waals surface area contributed by atoms with Crippen molar-refractivity contribution in [2.75, 3.05) is 26.5 Å². The normalized spacial score (nSPS) is 23.5. The van der Waals surface area contributed by atoms with Crippen molar-refractivity contribution in [3.05, 3.63) is 0 Å². The van der Waals surface area contributed by atoms with Crippen LogP contribution in [0, 0.1) is 0 Å². The summed E-state index contributed by atoms with van der Waals surface area (Å²) in [4.78, 5) is 24.9. The first-order chi connectivity index (χ1) is 7.99. The van der Waals surface area contributed by atoms with Crippen molar-refractivity contribution in [2.24, 2.45) is 0 Å². The fourth-order valence-corrected chi connectivity index (χ4v) is 3.32. The summed E-state index contributed by atoms with van der Waals surface area (Å²) < 4.78 is 4.32. The van der Waals surface area contributed by atoms with E-state index in [2.05, 4.69) is 4.74 Å². The van der Waals surface area contributed by atoms with Crippen LogP contribution in [0.4, 0.5) is 0 Å². The summed E-state index contributed by atoms with van der Waals surface area (Å²) in [5, 5.41) is 0. The summed E-state index contributed by atoms with van der Waals surface area (Å²) in [6.07, 6.45) is 3.11. The van der Waals surface area contributed by atoms with Crippen LogP contribution in [0.3, 0.4) is 0 Å². The van der Waals surface area contributed by atoms with Crippen LogP contribution in [-0.2, 0) is 14.3 Å². The molecule has 0 aromatic rings. The summed E-state index contributed by atoms with van der Waals surface area (Å²) in [7, 11) is 3.19. The molecule has 98 valence electrons. The lowest BCUT2D eigenvalue weighted by molar-refractivity contribution is -0.141. The lowest BCUT2D eigenvalue weighted by Gasteiger charge is -2.28. The predicted molar refractivity (Wildman–Crippen MR) is 69.0 cm³/mol. The fourth-order valence-electron chi connectivity index (χ4n) is 2.02. The highest BCUT2D eigenvalue weighted by Gasteiger charge is 2.38. The minimum atomic E-state index is -0.250. The quantitative estimate of drug-likeness (QED) is 0.705. The van der Waals surface area contributed by atoms with Gasteiger partial charge in [0.1, 0.15) is 0 Å². The molecule has 0 saturated carbocycles. The van der Waals surface area contributed by atoms with E-state index in [-0.39, 0.29) is 16.6 Å². The minimum absolute atomic E-state index is 0.185. The summed E-state index contributed by atoms with van der Waals surface area (Å²) in [5.41, 5.74) is 0. The number of hydrogen-bond acceptors (Lipinski definition) is 4. The first-order valence-electron chi connectivity index (χ1n) is 5.96. The van der Waals surface area contributed by atoms with E-state index in [0.717, 1.165) is 18.6 Å². The topological polar surface area (TPSA) is 46.6 Å². The minimum Gasteiger partial charge on any atom is -0.469 e. The molecule has 0 bridgehead atoms. The Kier molecular flexibility index (Phi) is 5.31. The number of esters is 1. The third-order valence-electron chi connectivity index (χ3n) is 3.12. The zero-order chi connectivity index (χ0) is 12.9. The lowest BCUT2D eigenvalue weighted by atomic mass is 10.0. The average molecular weight is 259 g/mol. The van der Waals surface area contributed by atoms with Gasteiger partial charge in [0.25, 0.3) is 0 Å². The molecule has 0 radical (unpaired) electrons. The highest BCUT2D eigenvalue weighted by Crippen LogP contribution is 2.38. The van der Waals surface area contributed by atoms with Gasteiger partial charge in [0, 0.05) is 20.0 Å². The summed E-state index contributed by atoms with van der Waals surface area (Å²) in [6, 6.07) is 0. The molecule has 5 heteroatoms. The first kappa shape index (κ1) is 14.4. The number of hydrogen-bond donors (Lipinski definition) is 0. The molecule has 1 fully saturated rings. The van der Waals surface area contributed by atoms with Crippen molar-refractivity contribution in [3.63, 3.8) is 0 Å². The van der Waals surface area contributed by atoms with Crippen molar-refractivity contribution >= 4 is 23.6 Å². The van der Waals surface area contributed by atoms with Gasteiger partial charge in [-0.2, -0.15) is 0 Å². The van der Waals surface area contributed by atoms with Gasteiger partial charge in [-0.15, -0.1) is 11.8 Å². The van der Waals surface area contributed by atoms with Crippen molar-refractivity contribution in [3.8, 4) is 0 Å². The molecule has 1 atom stereocenters. The first-order valence-corrected chi connectivity index (χ1v) is 6.94. The molecule has 1 aliphatic heterocycles. The van der Waals surface area contributed by atoms with E-state index >= 15 is 0 Å². The van der Waals surface area contributed by atoms with Gasteiger partial charge in [0.05, 0.1) is 11.9 Å². The summed E-state index contributed by atoms with van der Waals surface area (Å²) >= 11 is 1.74. The second kappa shape index (κ2) is 6.28. The van der Waals surface area contributed by atoms with Gasteiger partial charge in [-0.25, -0.2) is 0 Å². The maximum absolute atomic E-state index is 12.2. The van der Waals surface area contributed by atoms with Crippen LogP contribution in [0.25, 0.3) is 0 Å². The van der Waals surface area contributed by atoms with Crippen LogP contribution in [0.2, 0.25) is 0 Å². The molecule has 1 aliphatic rings. The van der Waals surface area contributed by atoms with Crippen molar-refractivity contribution in [2.45, 2.75) is 37.4 Å². The Bertz CT molecular complexity index is 287. The lowest BCUT2D eigenvalue weighted by Crippen LogP contribution is -2.42. The SMILES string of the molecule is COC(=O)CCCN(C)C(=O)C1(C)CCCS1. The molecule has 1 rings (SSSR count). The van der Waals surface area contributed by atoms with Crippen LogP contribution in [-0.4, -0.2) is 48.0 Å². The molecule has 0 aromatic heterocycles. The maximum atomic E-state index is 12.2. The Morgan fingerprint density at radius 1 is 1.47 bits per heavy atom. The Morgan fingerprint density at radius 2 is 2.18 bits per heavy atom. The number of amides is 1. The van der Waals surface area contributed by atoms with Gasteiger partial charge in [0.2, 0.25) is 5.91 Å². The number of carbonyl (C=O) groups is 2. The van der Waals surface area contributed by atoms with E-state index in [4.69, 9.17) is 0 Å². The number of rotatable bonds is 5. The van der Waals surface area contributed by atoms with Crippen LogP contribution in [0.15, 0.2) is 0 Å². The molecule has 0 aromatic carbocycles. The third-order valence-corrected chi connectivity index (χ3v) is 4.63. The second-order valence-electron chi connectivity index (χ2n) is 4.59. The van der Waals surface area contributed by atoms with Gasteiger partial charge in [-0.05, 0) is 31.9 Å². The number of ether oxygens (including phenoxy) is 1. The molecule has 4 nitrogen and oxygen atoms in total. The number of methoxy groups -OCH3 is 1. The molecular weight excluding hydrogens is 238 g/mol. The molecule has 1 unspecified atom stereocenters. The van der Waals surface area contributed by atoms with Crippen molar-refractivity contribution < 1.29 is 14.3 Å². The molecule has 0 N–H and O–H groups in total. The van der Waals surface area contributed by atoms with Crippen LogP contribution >= 0.6 is 11.8 Å². The third kappa shape index (κ3) is 3.91. The molecule has 1 amide bonds. The van der Waals surface area contributed by atoms with Gasteiger partial charge in [-0.3, -0.25) is 9.59 Å². The Hall–Kier alpha value is -0.710. The van der Waals surface area contributed by atoms with Crippen molar-refractivity contribution in [1.29, 1.82) is 0 Å². The van der Waals surface area contributed by atoms with Crippen LogP contribution < -0.4 is 0 Å². The highest BCUT2D eigenvalue weighted by molar-refractivity contribution is 8.01. The van der Waals surface area contributed by atoms with Gasteiger partial charge in [0.15, 0.2) is 0 Å². The molecule has 17 heavy (non-hydrogen) atoms. The molecular formula is C12H21NO3S. The van der Waals surface area contributed by atoms with Gasteiger partial charge >= 0.3 is 5.97 Å². The fraction of sp³-hybridized carbons (Fsp3) is 0.833. The molecule has 0 spiro atoms.